The molecule has 0 saturated carbocycles. The average Bonchev–Trinajstić information content (AvgIpc) is 2.67. The van der Waals surface area contributed by atoms with Crippen LogP contribution in [-0.2, 0) is 11.3 Å². The lowest BCUT2D eigenvalue weighted by Gasteiger charge is -2.26. The summed E-state index contributed by atoms with van der Waals surface area (Å²) in [6.07, 6.45) is 3.40. The Morgan fingerprint density at radius 2 is 1.79 bits per heavy atom. The van der Waals surface area contributed by atoms with Gasteiger partial charge in [0.1, 0.15) is 0 Å². The van der Waals surface area contributed by atoms with Crippen LogP contribution in [0.1, 0.15) is 26.3 Å². The van der Waals surface area contributed by atoms with E-state index in [9.17, 15) is 9.59 Å². The first-order chi connectivity index (χ1) is 11.7. The molecule has 124 valence electrons. The summed E-state index contributed by atoms with van der Waals surface area (Å²) in [5.74, 6) is -0.204. The minimum atomic E-state index is -0.177. The molecule has 0 radical (unpaired) electrons. The molecule has 1 fully saturated rings. The second kappa shape index (κ2) is 7.70. The molecule has 2 heterocycles. The van der Waals surface area contributed by atoms with E-state index in [1.165, 1.54) is 0 Å². The standard InChI is InChI=1S/C18H19N3O3/c22-17(20-13-14-2-1-7-19-12-14)15-3-5-16(6-4-15)18(23)21-8-10-24-11-9-21/h1-7,12H,8-11,13H2,(H,20,22). The number of hydrogen-bond donors (Lipinski definition) is 1. The van der Waals surface area contributed by atoms with Gasteiger partial charge < -0.3 is 15.0 Å². The van der Waals surface area contributed by atoms with E-state index in [0.29, 0.717) is 44.0 Å². The summed E-state index contributed by atoms with van der Waals surface area (Å²) in [7, 11) is 0. The Kier molecular flexibility index (Phi) is 5.18. The van der Waals surface area contributed by atoms with Crippen LogP contribution in [-0.4, -0.2) is 48.0 Å². The van der Waals surface area contributed by atoms with Crippen molar-refractivity contribution in [2.45, 2.75) is 6.54 Å². The molecular weight excluding hydrogens is 306 g/mol. The SMILES string of the molecule is O=C(NCc1cccnc1)c1ccc(C(=O)N2CCOCC2)cc1. The van der Waals surface area contributed by atoms with Gasteiger partial charge in [-0.25, -0.2) is 0 Å². The van der Waals surface area contributed by atoms with Crippen molar-refractivity contribution in [2.75, 3.05) is 26.3 Å². The largest absolute Gasteiger partial charge is 0.378 e. The summed E-state index contributed by atoms with van der Waals surface area (Å²) in [5.41, 5.74) is 2.04. The van der Waals surface area contributed by atoms with Gasteiger partial charge >= 0.3 is 0 Å². The van der Waals surface area contributed by atoms with Crippen LogP contribution in [0.25, 0.3) is 0 Å². The molecule has 1 aromatic carbocycles. The molecule has 1 aromatic heterocycles. The van der Waals surface area contributed by atoms with Gasteiger partial charge in [-0.1, -0.05) is 6.07 Å². The van der Waals surface area contributed by atoms with Crippen LogP contribution >= 0.6 is 0 Å². The van der Waals surface area contributed by atoms with E-state index >= 15 is 0 Å². The zero-order valence-electron chi connectivity index (χ0n) is 13.3. The Bertz CT molecular complexity index is 695. The van der Waals surface area contributed by atoms with Gasteiger partial charge in [-0.05, 0) is 35.9 Å². The van der Waals surface area contributed by atoms with E-state index in [0.717, 1.165) is 5.56 Å². The molecule has 6 nitrogen and oxygen atoms in total. The number of carbonyl (C=O) groups excluding carboxylic acids is 2. The topological polar surface area (TPSA) is 71.5 Å². The number of ether oxygens (including phenoxy) is 1. The van der Waals surface area contributed by atoms with Crippen LogP contribution in [0.15, 0.2) is 48.8 Å². The second-order valence-electron chi connectivity index (χ2n) is 5.53. The van der Waals surface area contributed by atoms with Gasteiger partial charge in [0.25, 0.3) is 11.8 Å². The summed E-state index contributed by atoms with van der Waals surface area (Å²) in [6, 6.07) is 10.5. The summed E-state index contributed by atoms with van der Waals surface area (Å²) in [6.45, 7) is 2.76. The third-order valence-electron chi connectivity index (χ3n) is 3.87. The van der Waals surface area contributed by atoms with E-state index < -0.39 is 0 Å². The number of morpholine rings is 1. The van der Waals surface area contributed by atoms with Gasteiger partial charge in [0.2, 0.25) is 0 Å². The molecule has 2 aromatic rings. The molecule has 0 bridgehead atoms. The number of nitrogens with zero attached hydrogens (tertiary/aromatic N) is 2. The van der Waals surface area contributed by atoms with Crippen molar-refractivity contribution < 1.29 is 14.3 Å². The number of nitrogens with one attached hydrogen (secondary N) is 1. The van der Waals surface area contributed by atoms with Gasteiger partial charge in [-0.2, -0.15) is 0 Å². The molecule has 1 aliphatic rings. The fourth-order valence-corrected chi connectivity index (χ4v) is 2.50. The minimum absolute atomic E-state index is 0.0272. The van der Waals surface area contributed by atoms with Crippen molar-refractivity contribution in [3.05, 3.63) is 65.5 Å². The van der Waals surface area contributed by atoms with Crippen molar-refractivity contribution in [3.63, 3.8) is 0 Å². The molecule has 2 amide bonds. The Morgan fingerprint density at radius 1 is 1.08 bits per heavy atom. The second-order valence-corrected chi connectivity index (χ2v) is 5.53. The predicted molar refractivity (Wildman–Crippen MR) is 88.6 cm³/mol. The van der Waals surface area contributed by atoms with E-state index in [-0.39, 0.29) is 11.8 Å². The van der Waals surface area contributed by atoms with Crippen molar-refractivity contribution >= 4 is 11.8 Å². The normalized spacial score (nSPS) is 14.2. The summed E-state index contributed by atoms with van der Waals surface area (Å²) in [5, 5.41) is 2.84. The Balaban J connectivity index is 1.59. The fraction of sp³-hybridized carbons (Fsp3) is 0.278. The van der Waals surface area contributed by atoms with Gasteiger partial charge in [0.05, 0.1) is 13.2 Å². The molecule has 0 atom stereocenters. The zero-order valence-corrected chi connectivity index (χ0v) is 13.3. The maximum Gasteiger partial charge on any atom is 0.254 e. The Hall–Kier alpha value is -2.73. The quantitative estimate of drug-likeness (QED) is 0.924. The van der Waals surface area contributed by atoms with Crippen molar-refractivity contribution in [1.29, 1.82) is 0 Å². The van der Waals surface area contributed by atoms with Crippen LogP contribution in [0.3, 0.4) is 0 Å². The van der Waals surface area contributed by atoms with E-state index in [4.69, 9.17) is 4.74 Å². The number of amides is 2. The molecule has 1 aliphatic heterocycles. The number of aromatic nitrogens is 1. The van der Waals surface area contributed by atoms with E-state index in [2.05, 4.69) is 10.3 Å². The van der Waals surface area contributed by atoms with E-state index in [1.54, 1.807) is 41.6 Å². The highest BCUT2D eigenvalue weighted by molar-refractivity contribution is 5.97. The van der Waals surface area contributed by atoms with Crippen LogP contribution < -0.4 is 5.32 Å². The van der Waals surface area contributed by atoms with Crippen LogP contribution in [0.2, 0.25) is 0 Å². The van der Waals surface area contributed by atoms with Gasteiger partial charge in [0, 0.05) is 43.2 Å². The van der Waals surface area contributed by atoms with Crippen LogP contribution in [0.5, 0.6) is 0 Å². The monoisotopic (exact) mass is 325 g/mol. The number of hydrogen-bond acceptors (Lipinski definition) is 4. The maximum absolute atomic E-state index is 12.4. The molecule has 3 rings (SSSR count). The van der Waals surface area contributed by atoms with Crippen LogP contribution in [0, 0.1) is 0 Å². The maximum atomic E-state index is 12.4. The Morgan fingerprint density at radius 3 is 2.46 bits per heavy atom. The predicted octanol–water partition coefficient (Wildman–Crippen LogP) is 1.48. The molecule has 0 aliphatic carbocycles. The first kappa shape index (κ1) is 16.1. The lowest BCUT2D eigenvalue weighted by atomic mass is 10.1. The number of carbonyl (C=O) groups is 2. The molecule has 24 heavy (non-hydrogen) atoms. The highest BCUT2D eigenvalue weighted by Gasteiger charge is 2.18. The molecule has 6 heteroatoms. The fourth-order valence-electron chi connectivity index (χ4n) is 2.50. The van der Waals surface area contributed by atoms with Crippen molar-refractivity contribution in [3.8, 4) is 0 Å². The molecule has 1 N–H and O–H groups in total. The van der Waals surface area contributed by atoms with Crippen molar-refractivity contribution in [1.82, 2.24) is 15.2 Å². The average molecular weight is 325 g/mol. The number of rotatable bonds is 4. The van der Waals surface area contributed by atoms with Gasteiger partial charge in [0.15, 0.2) is 0 Å². The number of benzene rings is 1. The first-order valence-corrected chi connectivity index (χ1v) is 7.88. The molecule has 1 saturated heterocycles. The van der Waals surface area contributed by atoms with Gasteiger partial charge in [-0.15, -0.1) is 0 Å². The summed E-state index contributed by atoms with van der Waals surface area (Å²) in [4.78, 5) is 30.3. The third kappa shape index (κ3) is 3.97. The van der Waals surface area contributed by atoms with E-state index in [1.807, 2.05) is 12.1 Å². The van der Waals surface area contributed by atoms with Gasteiger partial charge in [-0.3, -0.25) is 14.6 Å². The lowest BCUT2D eigenvalue weighted by molar-refractivity contribution is 0.0303. The summed E-state index contributed by atoms with van der Waals surface area (Å²) >= 11 is 0. The zero-order chi connectivity index (χ0) is 16.8. The van der Waals surface area contributed by atoms with Crippen LogP contribution in [0.4, 0.5) is 0 Å². The Labute approximate surface area is 140 Å². The minimum Gasteiger partial charge on any atom is -0.378 e. The smallest absolute Gasteiger partial charge is 0.254 e. The lowest BCUT2D eigenvalue weighted by Crippen LogP contribution is -2.40. The van der Waals surface area contributed by atoms with Crippen molar-refractivity contribution in [2.24, 2.45) is 0 Å². The number of pyridine rings is 1. The molecule has 0 unspecified atom stereocenters. The third-order valence-corrected chi connectivity index (χ3v) is 3.87. The molecular formula is C18H19N3O3. The highest BCUT2D eigenvalue weighted by Crippen LogP contribution is 2.10. The summed E-state index contributed by atoms with van der Waals surface area (Å²) < 4.78 is 5.25. The molecule has 0 spiro atoms. The highest BCUT2D eigenvalue weighted by atomic mass is 16.5. The first-order valence-electron chi connectivity index (χ1n) is 7.88.